The molecule has 2 heterocycles. The molecule has 0 bridgehead atoms. The number of nitrogens with zero attached hydrogens (tertiary/aromatic N) is 4. The molecule has 150 valence electrons. The number of rotatable bonds is 5. The molecule has 0 saturated heterocycles. The molecule has 1 aliphatic carbocycles. The summed E-state index contributed by atoms with van der Waals surface area (Å²) < 4.78 is 0. The van der Waals surface area contributed by atoms with Gasteiger partial charge < -0.3 is 16.0 Å². The summed E-state index contributed by atoms with van der Waals surface area (Å²) in [5.41, 5.74) is 3.47. The van der Waals surface area contributed by atoms with E-state index in [-0.39, 0.29) is 17.9 Å². The van der Waals surface area contributed by atoms with Crippen LogP contribution in [0.5, 0.6) is 0 Å². The number of aromatic nitrogens is 4. The van der Waals surface area contributed by atoms with Crippen molar-refractivity contribution in [3.05, 3.63) is 42.4 Å². The van der Waals surface area contributed by atoms with Crippen LogP contribution in [0.1, 0.15) is 31.2 Å². The molecule has 3 N–H and O–H groups in total. The summed E-state index contributed by atoms with van der Waals surface area (Å²) in [5, 5.41) is 9.49. The summed E-state index contributed by atoms with van der Waals surface area (Å²) in [7, 11) is 1.69. The largest absolute Gasteiger partial charge is 0.359 e. The highest BCUT2D eigenvalue weighted by molar-refractivity contribution is 5.87. The third-order valence-electron chi connectivity index (χ3n) is 5.34. The standard InChI is InChI=1S/C21H25N7O/c1-13-4-3-5-16(10-13)26-19-18-17(24-12-25-19)11-23-21(28-18)27-15-8-6-14(7-9-15)20(29)22-2/h3-5,10-12,14-15H,6-9H2,1-2H3,(H,22,29)(H,23,27,28)(H,24,25,26). The van der Waals surface area contributed by atoms with Gasteiger partial charge in [-0.25, -0.2) is 19.9 Å². The maximum atomic E-state index is 11.8. The van der Waals surface area contributed by atoms with Gasteiger partial charge in [-0.3, -0.25) is 4.79 Å². The van der Waals surface area contributed by atoms with Crippen molar-refractivity contribution in [3.8, 4) is 0 Å². The van der Waals surface area contributed by atoms with Crippen molar-refractivity contribution < 1.29 is 4.79 Å². The fraction of sp³-hybridized carbons (Fsp3) is 0.381. The van der Waals surface area contributed by atoms with E-state index in [1.165, 1.54) is 6.33 Å². The van der Waals surface area contributed by atoms with Crippen LogP contribution in [0.3, 0.4) is 0 Å². The van der Waals surface area contributed by atoms with Crippen LogP contribution in [0.4, 0.5) is 17.5 Å². The lowest BCUT2D eigenvalue weighted by Crippen LogP contribution is -2.34. The summed E-state index contributed by atoms with van der Waals surface area (Å²) in [6, 6.07) is 8.35. The summed E-state index contributed by atoms with van der Waals surface area (Å²) in [6.07, 6.45) is 6.79. The Bertz CT molecular complexity index is 1010. The molecule has 29 heavy (non-hydrogen) atoms. The Hall–Kier alpha value is -3.29. The van der Waals surface area contributed by atoms with Gasteiger partial charge in [-0.2, -0.15) is 0 Å². The summed E-state index contributed by atoms with van der Waals surface area (Å²) in [6.45, 7) is 2.05. The Labute approximate surface area is 169 Å². The lowest BCUT2D eigenvalue weighted by atomic mass is 9.85. The van der Waals surface area contributed by atoms with Gasteiger partial charge in [0.05, 0.1) is 6.20 Å². The smallest absolute Gasteiger partial charge is 0.223 e. The Morgan fingerprint density at radius 3 is 2.69 bits per heavy atom. The molecule has 0 atom stereocenters. The van der Waals surface area contributed by atoms with E-state index in [0.29, 0.717) is 22.8 Å². The van der Waals surface area contributed by atoms with Crippen molar-refractivity contribution in [1.29, 1.82) is 0 Å². The maximum Gasteiger partial charge on any atom is 0.223 e. The maximum absolute atomic E-state index is 11.8. The monoisotopic (exact) mass is 391 g/mol. The van der Waals surface area contributed by atoms with E-state index in [4.69, 9.17) is 0 Å². The van der Waals surface area contributed by atoms with Gasteiger partial charge >= 0.3 is 0 Å². The predicted molar refractivity (Wildman–Crippen MR) is 113 cm³/mol. The van der Waals surface area contributed by atoms with Crippen molar-refractivity contribution >= 4 is 34.4 Å². The Morgan fingerprint density at radius 2 is 1.93 bits per heavy atom. The van der Waals surface area contributed by atoms with Crippen molar-refractivity contribution in [2.75, 3.05) is 17.7 Å². The number of hydrogen-bond acceptors (Lipinski definition) is 7. The lowest BCUT2D eigenvalue weighted by Gasteiger charge is -2.28. The van der Waals surface area contributed by atoms with Crippen LogP contribution in [0.2, 0.25) is 0 Å². The molecule has 1 aromatic carbocycles. The van der Waals surface area contributed by atoms with Gasteiger partial charge in [-0.1, -0.05) is 12.1 Å². The second-order valence-corrected chi connectivity index (χ2v) is 7.45. The Kier molecular flexibility index (Phi) is 5.50. The van der Waals surface area contributed by atoms with Crippen LogP contribution in [0, 0.1) is 12.8 Å². The highest BCUT2D eigenvalue weighted by Crippen LogP contribution is 2.27. The number of nitrogens with one attached hydrogen (secondary N) is 3. The molecule has 2 aromatic heterocycles. The normalized spacial score (nSPS) is 19.0. The molecule has 0 aliphatic heterocycles. The number of anilines is 3. The molecule has 3 aromatic rings. The van der Waals surface area contributed by atoms with Crippen LogP contribution >= 0.6 is 0 Å². The lowest BCUT2D eigenvalue weighted by molar-refractivity contribution is -0.125. The van der Waals surface area contributed by atoms with Crippen LogP contribution in [0.25, 0.3) is 11.0 Å². The summed E-state index contributed by atoms with van der Waals surface area (Å²) >= 11 is 0. The number of amides is 1. The van der Waals surface area contributed by atoms with Crippen LogP contribution in [-0.4, -0.2) is 38.9 Å². The number of hydrogen-bond donors (Lipinski definition) is 3. The zero-order chi connectivity index (χ0) is 20.2. The van der Waals surface area contributed by atoms with Crippen LogP contribution < -0.4 is 16.0 Å². The Balaban J connectivity index is 1.51. The number of aryl methyl sites for hydroxylation is 1. The van der Waals surface area contributed by atoms with Gasteiger partial charge in [0.15, 0.2) is 5.82 Å². The SMILES string of the molecule is CNC(=O)C1CCC(Nc2ncc3ncnc(Nc4cccc(C)c4)c3n2)CC1. The molecule has 1 saturated carbocycles. The molecule has 1 amide bonds. The zero-order valence-electron chi connectivity index (χ0n) is 16.6. The van der Waals surface area contributed by atoms with E-state index in [2.05, 4.69) is 42.0 Å². The minimum Gasteiger partial charge on any atom is -0.359 e. The van der Waals surface area contributed by atoms with Crippen molar-refractivity contribution in [2.45, 2.75) is 38.6 Å². The van der Waals surface area contributed by atoms with Crippen molar-refractivity contribution in [3.63, 3.8) is 0 Å². The topological polar surface area (TPSA) is 105 Å². The summed E-state index contributed by atoms with van der Waals surface area (Å²) in [4.78, 5) is 29.5. The van der Waals surface area contributed by atoms with E-state index in [9.17, 15) is 4.79 Å². The van der Waals surface area contributed by atoms with Crippen molar-refractivity contribution in [2.24, 2.45) is 5.92 Å². The molecule has 1 fully saturated rings. The first-order valence-electron chi connectivity index (χ1n) is 9.92. The molecule has 8 heteroatoms. The molecule has 4 rings (SSSR count). The van der Waals surface area contributed by atoms with E-state index in [1.54, 1.807) is 13.2 Å². The average Bonchev–Trinajstić information content (AvgIpc) is 2.74. The number of carbonyl (C=O) groups excluding carboxylic acids is 1. The van der Waals surface area contributed by atoms with Gasteiger partial charge in [-0.15, -0.1) is 0 Å². The van der Waals surface area contributed by atoms with Crippen molar-refractivity contribution in [1.82, 2.24) is 25.3 Å². The third kappa shape index (κ3) is 4.42. The molecule has 8 nitrogen and oxygen atoms in total. The molecule has 0 spiro atoms. The average molecular weight is 391 g/mol. The fourth-order valence-electron chi connectivity index (χ4n) is 3.76. The van der Waals surface area contributed by atoms with E-state index in [0.717, 1.165) is 36.9 Å². The van der Waals surface area contributed by atoms with Gasteiger partial charge in [0.2, 0.25) is 11.9 Å². The second-order valence-electron chi connectivity index (χ2n) is 7.45. The second kappa shape index (κ2) is 8.38. The van der Waals surface area contributed by atoms with Gasteiger partial charge in [0.25, 0.3) is 0 Å². The fourth-order valence-corrected chi connectivity index (χ4v) is 3.76. The van der Waals surface area contributed by atoms with E-state index >= 15 is 0 Å². The highest BCUT2D eigenvalue weighted by atomic mass is 16.1. The molecule has 0 unspecified atom stereocenters. The number of carbonyl (C=O) groups is 1. The van der Waals surface area contributed by atoms with Crippen LogP contribution in [0.15, 0.2) is 36.8 Å². The molecule has 0 radical (unpaired) electrons. The third-order valence-corrected chi connectivity index (χ3v) is 5.34. The molecule has 1 aliphatic rings. The Morgan fingerprint density at radius 1 is 1.10 bits per heavy atom. The van der Waals surface area contributed by atoms with Gasteiger partial charge in [0, 0.05) is 24.7 Å². The number of fused-ring (bicyclic) bond motifs is 1. The quantitative estimate of drug-likeness (QED) is 0.613. The van der Waals surface area contributed by atoms with E-state index in [1.807, 2.05) is 25.1 Å². The zero-order valence-corrected chi connectivity index (χ0v) is 16.6. The van der Waals surface area contributed by atoms with E-state index < -0.39 is 0 Å². The van der Waals surface area contributed by atoms with Crippen LogP contribution in [-0.2, 0) is 4.79 Å². The molecular weight excluding hydrogens is 366 g/mol. The van der Waals surface area contributed by atoms with Gasteiger partial charge in [0.1, 0.15) is 17.4 Å². The minimum absolute atomic E-state index is 0.106. The van der Waals surface area contributed by atoms with Gasteiger partial charge in [-0.05, 0) is 50.3 Å². The molecular formula is C21H25N7O. The predicted octanol–water partition coefficient (Wildman–Crippen LogP) is 3.19. The minimum atomic E-state index is 0.106. The first kappa shape index (κ1) is 19.0. The first-order chi connectivity index (χ1) is 14.1. The number of benzene rings is 1. The first-order valence-corrected chi connectivity index (χ1v) is 9.92. The highest BCUT2D eigenvalue weighted by Gasteiger charge is 2.26. The summed E-state index contributed by atoms with van der Waals surface area (Å²) in [5.74, 6) is 1.45.